The van der Waals surface area contributed by atoms with Gasteiger partial charge in [0.1, 0.15) is 0 Å². The summed E-state index contributed by atoms with van der Waals surface area (Å²) in [7, 11) is -8.06. The van der Waals surface area contributed by atoms with Gasteiger partial charge in [0, 0.05) is 40.0 Å². The number of sulfone groups is 2. The van der Waals surface area contributed by atoms with E-state index in [1.165, 1.54) is 12.1 Å². The van der Waals surface area contributed by atoms with Crippen LogP contribution < -0.4 is 10.4 Å². The van der Waals surface area contributed by atoms with Gasteiger partial charge >= 0.3 is 0 Å². The van der Waals surface area contributed by atoms with Gasteiger partial charge in [-0.3, -0.25) is 8.42 Å². The monoisotopic (exact) mass is 690 g/mol. The predicted octanol–water partition coefficient (Wildman–Crippen LogP) is 1.50. The molecule has 2 aliphatic carbocycles. The maximum absolute atomic E-state index is 13.1. The highest BCUT2D eigenvalue weighted by Gasteiger charge is 2.37. The number of fused-ring (bicyclic) bond motifs is 6. The van der Waals surface area contributed by atoms with Gasteiger partial charge in [0.2, 0.25) is 0 Å². The highest BCUT2D eigenvalue weighted by atomic mass is 32.2. The Balaban J connectivity index is 2.18. The second-order valence-electron chi connectivity index (χ2n) is 10.5. The van der Waals surface area contributed by atoms with Gasteiger partial charge in [-0.2, -0.15) is 0 Å². The van der Waals surface area contributed by atoms with Gasteiger partial charge in [-0.15, -0.1) is 0 Å². The number of nitriles is 2. The van der Waals surface area contributed by atoms with Gasteiger partial charge in [-0.25, -0.2) is 37.0 Å². The molecule has 12 nitrogen and oxygen atoms in total. The summed E-state index contributed by atoms with van der Waals surface area (Å²) >= 11 is -5.23. The van der Waals surface area contributed by atoms with Gasteiger partial charge in [-0.1, -0.05) is 34.3 Å². The molecule has 3 aromatic rings. The first-order valence-electron chi connectivity index (χ1n) is 12.9. The Hall–Kier alpha value is -4.52. The quantitative estimate of drug-likeness (QED) is 0.185. The summed E-state index contributed by atoms with van der Waals surface area (Å²) in [5.41, 5.74) is 0.370. The summed E-state index contributed by atoms with van der Waals surface area (Å²) in [4.78, 5) is 6.27. The molecule has 0 saturated heterocycles. The zero-order valence-corrected chi connectivity index (χ0v) is 27.1. The molecule has 5 rings (SSSR count). The Morgan fingerprint density at radius 2 is 1.15 bits per heavy atom. The van der Waals surface area contributed by atoms with Crippen LogP contribution in [0, 0.1) is 35.8 Å². The molecule has 0 aliphatic heterocycles. The Morgan fingerprint density at radius 3 is 1.61 bits per heavy atom. The van der Waals surface area contributed by atoms with Crippen LogP contribution in [0.5, 0.6) is 0 Å². The Labute approximate surface area is 269 Å². The molecule has 0 bridgehead atoms. The smallest absolute Gasteiger partial charge is 0.269 e. The molecule has 0 amide bonds. The first kappa shape index (κ1) is 32.9. The van der Waals surface area contributed by atoms with Gasteiger partial charge in [0.15, 0.2) is 19.7 Å². The van der Waals surface area contributed by atoms with E-state index in [2.05, 4.69) is 9.69 Å². The second-order valence-corrected chi connectivity index (χ2v) is 16.3. The molecule has 0 saturated carbocycles. The highest BCUT2D eigenvalue weighted by molar-refractivity contribution is 7.91. The molecule has 0 fully saturated rings. The summed E-state index contributed by atoms with van der Waals surface area (Å²) in [6.45, 7) is 15.7. The number of rotatable bonds is 6. The fourth-order valence-corrected chi connectivity index (χ4v) is 9.25. The van der Waals surface area contributed by atoms with E-state index >= 15 is 0 Å². The van der Waals surface area contributed by atoms with Crippen molar-refractivity contribution in [3.05, 3.63) is 90.9 Å². The van der Waals surface area contributed by atoms with Crippen molar-refractivity contribution in [2.45, 2.75) is 34.1 Å². The van der Waals surface area contributed by atoms with Crippen LogP contribution >= 0.6 is 0 Å². The van der Waals surface area contributed by atoms with Gasteiger partial charge < -0.3 is 9.11 Å². The van der Waals surface area contributed by atoms with E-state index in [0.29, 0.717) is 5.56 Å². The summed E-state index contributed by atoms with van der Waals surface area (Å²) in [5.74, 6) is -1.02. The number of hydrogen-bond donors (Lipinski definition) is 0. The lowest BCUT2D eigenvalue weighted by Crippen LogP contribution is -2.26. The summed E-state index contributed by atoms with van der Waals surface area (Å²) in [6.07, 6.45) is 1.36. The molecule has 0 radical (unpaired) electrons. The van der Waals surface area contributed by atoms with Crippen LogP contribution in [-0.4, -0.2) is 46.9 Å². The van der Waals surface area contributed by atoms with Crippen molar-refractivity contribution in [3.63, 3.8) is 0 Å². The van der Waals surface area contributed by atoms with Crippen LogP contribution in [0.3, 0.4) is 0 Å². The Morgan fingerprint density at radius 1 is 0.717 bits per heavy atom. The third-order valence-corrected chi connectivity index (χ3v) is 11.3. The van der Waals surface area contributed by atoms with Crippen LogP contribution in [0.25, 0.3) is 43.3 Å². The van der Waals surface area contributed by atoms with E-state index in [1.807, 2.05) is 12.1 Å². The first-order valence-corrected chi connectivity index (χ1v) is 19.2. The molecule has 0 N–H and O–H groups in total. The average Bonchev–Trinajstić information content (AvgIpc) is 3.54. The molecule has 46 heavy (non-hydrogen) atoms. The minimum Gasteiger partial charge on any atom is -0.772 e. The van der Waals surface area contributed by atoms with Crippen molar-refractivity contribution in [3.8, 4) is 34.4 Å². The van der Waals surface area contributed by atoms with Crippen LogP contribution in [0.1, 0.15) is 33.4 Å². The minimum atomic E-state index is -4.08. The van der Waals surface area contributed by atoms with E-state index < -0.39 is 64.7 Å². The fourth-order valence-electron chi connectivity index (χ4n) is 6.38. The van der Waals surface area contributed by atoms with Crippen LogP contribution in [0.15, 0.2) is 34.1 Å². The zero-order valence-electron chi connectivity index (χ0n) is 23.8. The standard InChI is InChI=1S/C30H20N4O8S4/c1-33-21(11-31)26-20-10-18-23(45(3,39)40)7-8-24(46(4,41)42)28(18)30(20)27(22(12-32)34-2)19-9-17-15(13-43(35)36)5-6-16(14-44(37)38)25(17)29(19)26/h5-8H,9-10,13-14H2,3-4H3,(H,35,36)(H,37,38)/p-2/b26-21-,27-22+. The fraction of sp³-hybridized carbons (Fsp3) is 0.200. The van der Waals surface area contributed by atoms with Crippen molar-refractivity contribution < 1.29 is 34.4 Å². The maximum atomic E-state index is 13.1. The van der Waals surface area contributed by atoms with E-state index in [9.17, 15) is 44.9 Å². The number of nitrogens with zero attached hydrogens (tertiary/aromatic N) is 4. The maximum Gasteiger partial charge on any atom is 0.269 e. The molecule has 2 aliphatic rings. The van der Waals surface area contributed by atoms with E-state index in [1.54, 1.807) is 0 Å². The lowest BCUT2D eigenvalue weighted by molar-refractivity contribution is 0.534. The van der Waals surface area contributed by atoms with Crippen molar-refractivity contribution in [1.29, 1.82) is 10.5 Å². The Kier molecular flexibility index (Phi) is 8.35. The molecule has 2 atom stereocenters. The van der Waals surface area contributed by atoms with Gasteiger partial charge in [0.25, 0.3) is 11.4 Å². The molecule has 0 spiro atoms. The first-order chi connectivity index (χ1) is 21.6. The third kappa shape index (κ3) is 5.25. The topological polar surface area (TPSA) is 205 Å². The molecule has 0 aromatic heterocycles. The predicted molar refractivity (Wildman–Crippen MR) is 165 cm³/mol. The van der Waals surface area contributed by atoms with Crippen molar-refractivity contribution in [1.82, 2.24) is 0 Å². The zero-order chi connectivity index (χ0) is 33.9. The molecule has 2 unspecified atom stereocenters. The minimum absolute atomic E-state index is 0.00525. The summed E-state index contributed by atoms with van der Waals surface area (Å²) in [5, 5.41) is 20.2. The lowest BCUT2D eigenvalue weighted by Gasteiger charge is -2.18. The lowest BCUT2D eigenvalue weighted by atomic mass is 9.89. The van der Waals surface area contributed by atoms with E-state index in [-0.39, 0.29) is 83.1 Å². The molecule has 3 aromatic carbocycles. The average molecular weight is 691 g/mol. The SMILES string of the molecule is [C-]#[N+]/C(C#N)=c1/c2c(/c(=C(\C#N)[N+]#[C-])c3c1-c1c(CS(=O)[O-])ccc(CS(=O)[O-])c1C3)-c1c(S(C)(=O)=O)ccc(S(C)(=O)=O)c1C2. The van der Waals surface area contributed by atoms with Crippen LogP contribution in [-0.2, 0) is 66.2 Å². The summed E-state index contributed by atoms with van der Waals surface area (Å²) < 4.78 is 99.6. The number of hydrogen-bond acceptors (Lipinski definition) is 10. The normalized spacial score (nSPS) is 15.5. The largest absolute Gasteiger partial charge is 0.772 e. The number of benzene rings is 3. The highest BCUT2D eigenvalue weighted by Crippen LogP contribution is 2.46. The molecule has 16 heteroatoms. The molecule has 0 heterocycles. The van der Waals surface area contributed by atoms with Crippen LogP contribution in [0.4, 0.5) is 0 Å². The van der Waals surface area contributed by atoms with Crippen molar-refractivity contribution >= 4 is 53.2 Å². The molecular weight excluding hydrogens is 673 g/mol. The van der Waals surface area contributed by atoms with E-state index in [4.69, 9.17) is 13.1 Å². The van der Waals surface area contributed by atoms with Crippen molar-refractivity contribution in [2.24, 2.45) is 0 Å². The van der Waals surface area contributed by atoms with Crippen LogP contribution in [0.2, 0.25) is 0 Å². The van der Waals surface area contributed by atoms with Gasteiger partial charge in [0.05, 0.1) is 35.1 Å². The van der Waals surface area contributed by atoms with E-state index in [0.717, 1.165) is 24.6 Å². The Bertz CT molecular complexity index is 2500. The van der Waals surface area contributed by atoms with Gasteiger partial charge in [-0.05, 0) is 75.0 Å². The molecule has 232 valence electrons. The summed E-state index contributed by atoms with van der Waals surface area (Å²) in [6, 6.07) is 8.77. The van der Waals surface area contributed by atoms with Crippen molar-refractivity contribution in [2.75, 3.05) is 12.5 Å². The second kappa shape index (κ2) is 11.7. The third-order valence-electron chi connectivity index (χ3n) is 7.90. The molecular formula is C30H18N4O8S4-2.